The summed E-state index contributed by atoms with van der Waals surface area (Å²) in [6.45, 7) is 2.28. The maximum atomic E-state index is 11.9. The molecule has 1 aliphatic rings. The van der Waals surface area contributed by atoms with Crippen LogP contribution in [0.1, 0.15) is 58.3 Å². The van der Waals surface area contributed by atoms with Gasteiger partial charge in [0.05, 0.1) is 0 Å². The molecule has 0 heterocycles. The minimum absolute atomic E-state index is 0.213. The quantitative estimate of drug-likeness (QED) is 0.607. The number of alkyl halides is 3. The van der Waals surface area contributed by atoms with Crippen molar-refractivity contribution < 1.29 is 17.9 Å². The number of unbranched alkanes of at least 4 members (excludes halogenated alkanes) is 1. The van der Waals surface area contributed by atoms with E-state index in [0.717, 1.165) is 31.7 Å². The third-order valence-corrected chi connectivity index (χ3v) is 3.94. The maximum Gasteiger partial charge on any atom is 0.411 e. The van der Waals surface area contributed by atoms with Crippen LogP contribution < -0.4 is 5.32 Å². The molecule has 120 valence electrons. The summed E-state index contributed by atoms with van der Waals surface area (Å²) in [7, 11) is 0. The third-order valence-electron chi connectivity index (χ3n) is 3.94. The van der Waals surface area contributed by atoms with E-state index in [-0.39, 0.29) is 6.61 Å². The predicted octanol–water partition coefficient (Wildman–Crippen LogP) is 4.29. The zero-order valence-corrected chi connectivity index (χ0v) is 12.5. The Labute approximate surface area is 120 Å². The first-order chi connectivity index (χ1) is 9.53. The lowest BCUT2D eigenvalue weighted by Gasteiger charge is -2.24. The molecule has 0 aromatic rings. The van der Waals surface area contributed by atoms with Crippen LogP contribution in [0.5, 0.6) is 0 Å². The van der Waals surface area contributed by atoms with Gasteiger partial charge in [0.15, 0.2) is 0 Å². The molecule has 5 heteroatoms. The van der Waals surface area contributed by atoms with Crippen molar-refractivity contribution in [2.45, 2.75) is 70.5 Å². The van der Waals surface area contributed by atoms with E-state index in [4.69, 9.17) is 0 Å². The monoisotopic (exact) mass is 295 g/mol. The van der Waals surface area contributed by atoms with E-state index >= 15 is 0 Å². The number of rotatable bonds is 10. The van der Waals surface area contributed by atoms with Crippen LogP contribution in [0.15, 0.2) is 0 Å². The molecule has 0 aromatic carbocycles. The van der Waals surface area contributed by atoms with Crippen LogP contribution in [-0.2, 0) is 4.74 Å². The molecule has 1 atom stereocenters. The molecule has 0 aliphatic heterocycles. The summed E-state index contributed by atoms with van der Waals surface area (Å²) >= 11 is 0. The number of hydrogen-bond acceptors (Lipinski definition) is 2. The van der Waals surface area contributed by atoms with Gasteiger partial charge in [0, 0.05) is 12.6 Å². The molecule has 1 unspecified atom stereocenters. The summed E-state index contributed by atoms with van der Waals surface area (Å²) in [5.41, 5.74) is 0. The number of hydrogen-bond donors (Lipinski definition) is 1. The standard InChI is InChI=1S/C15H28F3NO/c1-2-10-19-14(13-7-3-4-8-13)9-5-6-11-20-12-15(16,17)18/h13-14,19H,2-12H2,1H3. The molecule has 1 rings (SSSR count). The minimum Gasteiger partial charge on any atom is -0.372 e. The second kappa shape index (κ2) is 9.61. The molecule has 1 fully saturated rings. The van der Waals surface area contributed by atoms with E-state index in [1.807, 2.05) is 0 Å². The number of nitrogens with one attached hydrogen (secondary N) is 1. The van der Waals surface area contributed by atoms with E-state index in [0.29, 0.717) is 12.5 Å². The van der Waals surface area contributed by atoms with E-state index in [1.54, 1.807) is 0 Å². The van der Waals surface area contributed by atoms with Crippen LogP contribution in [0.4, 0.5) is 13.2 Å². The summed E-state index contributed by atoms with van der Waals surface area (Å²) < 4.78 is 40.3. The van der Waals surface area contributed by atoms with Gasteiger partial charge in [0.2, 0.25) is 0 Å². The fourth-order valence-corrected chi connectivity index (χ4v) is 2.95. The molecule has 0 bridgehead atoms. The van der Waals surface area contributed by atoms with Gasteiger partial charge in [0.1, 0.15) is 6.61 Å². The highest BCUT2D eigenvalue weighted by molar-refractivity contribution is 4.80. The van der Waals surface area contributed by atoms with Crippen molar-refractivity contribution in [2.75, 3.05) is 19.8 Å². The normalized spacial score (nSPS) is 18.6. The molecule has 0 spiro atoms. The van der Waals surface area contributed by atoms with E-state index < -0.39 is 12.8 Å². The van der Waals surface area contributed by atoms with Crippen molar-refractivity contribution in [3.63, 3.8) is 0 Å². The van der Waals surface area contributed by atoms with Crippen LogP contribution in [0.3, 0.4) is 0 Å². The molecule has 2 nitrogen and oxygen atoms in total. The first-order valence-corrected chi connectivity index (χ1v) is 7.91. The Bertz CT molecular complexity index is 240. The van der Waals surface area contributed by atoms with Crippen LogP contribution in [0.25, 0.3) is 0 Å². The van der Waals surface area contributed by atoms with Crippen molar-refractivity contribution in [3.05, 3.63) is 0 Å². The highest BCUT2D eigenvalue weighted by Gasteiger charge is 2.27. The fourth-order valence-electron chi connectivity index (χ4n) is 2.95. The van der Waals surface area contributed by atoms with E-state index in [2.05, 4.69) is 17.0 Å². The highest BCUT2D eigenvalue weighted by atomic mass is 19.4. The summed E-state index contributed by atoms with van der Waals surface area (Å²) in [6, 6.07) is 0.542. The van der Waals surface area contributed by atoms with Crippen LogP contribution >= 0.6 is 0 Å². The molecule has 1 N–H and O–H groups in total. The van der Waals surface area contributed by atoms with Gasteiger partial charge in [-0.3, -0.25) is 0 Å². The average molecular weight is 295 g/mol. The lowest BCUT2D eigenvalue weighted by Crippen LogP contribution is -2.35. The Hall–Kier alpha value is -0.290. The van der Waals surface area contributed by atoms with Crippen molar-refractivity contribution >= 4 is 0 Å². The molecule has 1 aliphatic carbocycles. The van der Waals surface area contributed by atoms with Crippen molar-refractivity contribution in [2.24, 2.45) is 5.92 Å². The van der Waals surface area contributed by atoms with E-state index in [9.17, 15) is 13.2 Å². The van der Waals surface area contributed by atoms with Crippen LogP contribution in [0.2, 0.25) is 0 Å². The van der Waals surface area contributed by atoms with Crippen LogP contribution in [0, 0.1) is 5.92 Å². The molecule has 0 aromatic heterocycles. The Morgan fingerprint density at radius 3 is 2.50 bits per heavy atom. The Morgan fingerprint density at radius 2 is 1.90 bits per heavy atom. The van der Waals surface area contributed by atoms with Gasteiger partial charge in [-0.25, -0.2) is 0 Å². The van der Waals surface area contributed by atoms with Crippen molar-refractivity contribution in [3.8, 4) is 0 Å². The van der Waals surface area contributed by atoms with Gasteiger partial charge in [-0.05, 0) is 51.0 Å². The number of ether oxygens (including phenoxy) is 1. The summed E-state index contributed by atoms with van der Waals surface area (Å²) in [5.74, 6) is 0.762. The first-order valence-electron chi connectivity index (χ1n) is 7.91. The molecular weight excluding hydrogens is 267 g/mol. The predicted molar refractivity (Wildman–Crippen MR) is 74.8 cm³/mol. The smallest absolute Gasteiger partial charge is 0.372 e. The maximum absolute atomic E-state index is 11.9. The lowest BCUT2D eigenvalue weighted by atomic mass is 9.93. The SMILES string of the molecule is CCCNC(CCCCOCC(F)(F)F)C1CCCC1. The van der Waals surface area contributed by atoms with E-state index in [1.165, 1.54) is 25.7 Å². The highest BCUT2D eigenvalue weighted by Crippen LogP contribution is 2.29. The molecule has 1 saturated carbocycles. The second-order valence-electron chi connectivity index (χ2n) is 5.77. The topological polar surface area (TPSA) is 21.3 Å². The van der Waals surface area contributed by atoms with Gasteiger partial charge < -0.3 is 10.1 Å². The first kappa shape index (κ1) is 17.8. The molecular formula is C15H28F3NO. The Kier molecular flexibility index (Phi) is 8.53. The van der Waals surface area contributed by atoms with Gasteiger partial charge in [-0.1, -0.05) is 19.8 Å². The molecule has 0 radical (unpaired) electrons. The Balaban J connectivity index is 2.11. The zero-order chi connectivity index (χ0) is 14.8. The lowest BCUT2D eigenvalue weighted by molar-refractivity contribution is -0.174. The Morgan fingerprint density at radius 1 is 1.20 bits per heavy atom. The van der Waals surface area contributed by atoms with Gasteiger partial charge >= 0.3 is 6.18 Å². The third kappa shape index (κ3) is 8.10. The number of halogens is 3. The van der Waals surface area contributed by atoms with Gasteiger partial charge in [-0.2, -0.15) is 13.2 Å². The fraction of sp³-hybridized carbons (Fsp3) is 1.00. The summed E-state index contributed by atoms with van der Waals surface area (Å²) in [6.07, 6.45) is 4.88. The second-order valence-corrected chi connectivity index (χ2v) is 5.77. The van der Waals surface area contributed by atoms with Crippen molar-refractivity contribution in [1.29, 1.82) is 0 Å². The van der Waals surface area contributed by atoms with Crippen molar-refractivity contribution in [1.82, 2.24) is 5.32 Å². The largest absolute Gasteiger partial charge is 0.411 e. The van der Waals surface area contributed by atoms with Gasteiger partial charge in [0.25, 0.3) is 0 Å². The molecule has 0 amide bonds. The minimum atomic E-state index is -4.20. The zero-order valence-electron chi connectivity index (χ0n) is 12.5. The van der Waals surface area contributed by atoms with Crippen LogP contribution in [-0.4, -0.2) is 32.0 Å². The summed E-state index contributed by atoms with van der Waals surface area (Å²) in [5, 5.41) is 3.61. The summed E-state index contributed by atoms with van der Waals surface area (Å²) in [4.78, 5) is 0. The average Bonchev–Trinajstić information content (AvgIpc) is 2.89. The van der Waals surface area contributed by atoms with Gasteiger partial charge in [-0.15, -0.1) is 0 Å². The molecule has 0 saturated heterocycles. The molecule has 20 heavy (non-hydrogen) atoms.